The van der Waals surface area contributed by atoms with E-state index in [1.807, 2.05) is 0 Å². The summed E-state index contributed by atoms with van der Waals surface area (Å²) in [6, 6.07) is 2.64. The van der Waals surface area contributed by atoms with E-state index in [-0.39, 0.29) is 12.4 Å². The number of carbonyl (C=O) groups excluding carboxylic acids is 1. The Balaban J connectivity index is 0.00000161. The van der Waals surface area contributed by atoms with Gasteiger partial charge in [-0.05, 0) is 66.6 Å². The largest absolute Gasteiger partial charge is 0.335 e. The molecule has 118 valence electrons. The van der Waals surface area contributed by atoms with Crippen LogP contribution in [0.2, 0.25) is 0 Å². The molecule has 5 heteroatoms. The molecule has 3 rings (SSSR count). The summed E-state index contributed by atoms with van der Waals surface area (Å²) in [5, 5.41) is 7.71. The Bertz CT molecular complexity index is 457. The summed E-state index contributed by atoms with van der Waals surface area (Å²) in [6.45, 7) is 5.13. The summed E-state index contributed by atoms with van der Waals surface area (Å²) >= 11 is 1.72. The Kier molecular flexibility index (Phi) is 5.69. The fourth-order valence-electron chi connectivity index (χ4n) is 3.54. The molecule has 1 saturated carbocycles. The van der Waals surface area contributed by atoms with Crippen LogP contribution in [0.3, 0.4) is 0 Å². The summed E-state index contributed by atoms with van der Waals surface area (Å²) in [4.78, 5) is 14.7. The van der Waals surface area contributed by atoms with Gasteiger partial charge in [-0.2, -0.15) is 11.3 Å². The first-order valence-corrected chi connectivity index (χ1v) is 8.71. The number of hydrogen-bond donors (Lipinski definition) is 1. The molecule has 0 radical (unpaired) electrons. The van der Waals surface area contributed by atoms with Crippen molar-refractivity contribution in [3.8, 4) is 0 Å². The van der Waals surface area contributed by atoms with E-state index in [1.165, 1.54) is 24.8 Å². The van der Waals surface area contributed by atoms with Gasteiger partial charge in [-0.1, -0.05) is 6.92 Å². The topological polar surface area (TPSA) is 32.3 Å². The van der Waals surface area contributed by atoms with Gasteiger partial charge in [-0.25, -0.2) is 0 Å². The number of nitrogens with zero attached hydrogens (tertiary/aromatic N) is 1. The summed E-state index contributed by atoms with van der Waals surface area (Å²) in [5.41, 5.74) is 1.72. The minimum atomic E-state index is 0. The Hall–Kier alpha value is -0.580. The zero-order valence-corrected chi connectivity index (χ0v) is 14.3. The van der Waals surface area contributed by atoms with E-state index in [4.69, 9.17) is 0 Å². The van der Waals surface area contributed by atoms with Crippen molar-refractivity contribution in [1.82, 2.24) is 10.2 Å². The minimum Gasteiger partial charge on any atom is -0.335 e. The zero-order chi connectivity index (χ0) is 14.0. The molecular formula is C16H25ClN2OS. The number of carbonyl (C=O) groups is 1. The molecule has 2 aliphatic rings. The van der Waals surface area contributed by atoms with Gasteiger partial charge in [0.05, 0.1) is 0 Å². The number of rotatable bonds is 5. The maximum absolute atomic E-state index is 12.5. The van der Waals surface area contributed by atoms with Crippen LogP contribution in [0.15, 0.2) is 16.8 Å². The average Bonchev–Trinajstić information content (AvgIpc) is 2.90. The molecule has 1 aliphatic heterocycles. The van der Waals surface area contributed by atoms with Gasteiger partial charge in [0.15, 0.2) is 0 Å². The van der Waals surface area contributed by atoms with Crippen molar-refractivity contribution in [2.24, 2.45) is 5.41 Å². The van der Waals surface area contributed by atoms with Crippen LogP contribution >= 0.6 is 23.7 Å². The van der Waals surface area contributed by atoms with E-state index in [9.17, 15) is 4.79 Å². The van der Waals surface area contributed by atoms with Crippen LogP contribution in [0.5, 0.6) is 0 Å². The van der Waals surface area contributed by atoms with E-state index < -0.39 is 0 Å². The lowest BCUT2D eigenvalue weighted by molar-refractivity contribution is -0.133. The monoisotopic (exact) mass is 328 g/mol. The fraction of sp³-hybridized carbons (Fsp3) is 0.688. The van der Waals surface area contributed by atoms with Crippen LogP contribution in [-0.2, 0) is 11.3 Å². The summed E-state index contributed by atoms with van der Waals surface area (Å²) in [7, 11) is 0. The van der Waals surface area contributed by atoms with Gasteiger partial charge in [0, 0.05) is 19.0 Å². The number of halogens is 1. The zero-order valence-electron chi connectivity index (χ0n) is 12.6. The number of piperidine rings is 1. The molecule has 0 bridgehead atoms. The van der Waals surface area contributed by atoms with E-state index >= 15 is 0 Å². The van der Waals surface area contributed by atoms with Crippen LogP contribution < -0.4 is 5.32 Å². The second kappa shape index (κ2) is 7.12. The number of nitrogens with one attached hydrogen (secondary N) is 1. The third-order valence-electron chi connectivity index (χ3n) is 4.84. The first-order chi connectivity index (χ1) is 9.75. The average molecular weight is 329 g/mol. The molecule has 2 fully saturated rings. The number of hydrogen-bond acceptors (Lipinski definition) is 3. The molecule has 1 aromatic heterocycles. The molecule has 1 unspecified atom stereocenters. The highest BCUT2D eigenvalue weighted by Gasteiger charge is 2.57. The van der Waals surface area contributed by atoms with Crippen molar-refractivity contribution in [2.45, 2.75) is 51.6 Å². The first-order valence-electron chi connectivity index (χ1n) is 7.76. The minimum absolute atomic E-state index is 0. The lowest BCUT2D eigenvalue weighted by Gasteiger charge is -2.29. The quantitative estimate of drug-likeness (QED) is 0.898. The normalized spacial score (nSPS) is 22.6. The predicted molar refractivity (Wildman–Crippen MR) is 90.0 cm³/mol. The molecule has 1 N–H and O–H groups in total. The van der Waals surface area contributed by atoms with Gasteiger partial charge in [0.25, 0.3) is 0 Å². The Labute approximate surface area is 137 Å². The Morgan fingerprint density at radius 2 is 2.24 bits per heavy atom. The standard InChI is InChI=1S/C16H24N2OS.ClH/c1-2-3-15(19)18(11-13-4-9-20-12-13)14-10-16(14)5-7-17-8-6-16;/h4,9,12,14,17H,2-3,5-8,10-11H2,1H3;1H. The van der Waals surface area contributed by atoms with Gasteiger partial charge >= 0.3 is 0 Å². The third kappa shape index (κ3) is 3.61. The molecule has 0 aromatic carbocycles. The van der Waals surface area contributed by atoms with Gasteiger partial charge in [0.1, 0.15) is 0 Å². The molecule has 1 aliphatic carbocycles. The van der Waals surface area contributed by atoms with E-state index in [0.29, 0.717) is 23.8 Å². The summed E-state index contributed by atoms with van der Waals surface area (Å²) < 4.78 is 0. The first kappa shape index (κ1) is 16.8. The molecule has 2 heterocycles. The molecule has 1 aromatic rings. The second-order valence-electron chi connectivity index (χ2n) is 6.24. The predicted octanol–water partition coefficient (Wildman–Crippen LogP) is 3.44. The van der Waals surface area contributed by atoms with Crippen LogP contribution in [0.1, 0.15) is 44.6 Å². The molecule has 1 saturated heterocycles. The van der Waals surface area contributed by atoms with E-state index in [1.54, 1.807) is 11.3 Å². The van der Waals surface area contributed by atoms with Gasteiger partial charge in [-0.3, -0.25) is 4.79 Å². The summed E-state index contributed by atoms with van der Waals surface area (Å²) in [5.74, 6) is 0.346. The lowest BCUT2D eigenvalue weighted by atomic mass is 9.93. The van der Waals surface area contributed by atoms with Crippen molar-refractivity contribution in [2.75, 3.05) is 13.1 Å². The van der Waals surface area contributed by atoms with Crippen LogP contribution in [0, 0.1) is 5.41 Å². The van der Waals surface area contributed by atoms with Crippen molar-refractivity contribution in [3.05, 3.63) is 22.4 Å². The highest BCUT2D eigenvalue weighted by molar-refractivity contribution is 7.07. The van der Waals surface area contributed by atoms with Crippen molar-refractivity contribution < 1.29 is 4.79 Å². The van der Waals surface area contributed by atoms with Crippen LogP contribution in [-0.4, -0.2) is 29.9 Å². The third-order valence-corrected chi connectivity index (χ3v) is 5.57. The van der Waals surface area contributed by atoms with Crippen molar-refractivity contribution in [1.29, 1.82) is 0 Å². The molecule has 1 amide bonds. The SMILES string of the molecule is CCCC(=O)N(Cc1ccsc1)C1CC12CCNCC2.Cl. The molecule has 1 spiro atoms. The van der Waals surface area contributed by atoms with Gasteiger partial charge in [0.2, 0.25) is 5.91 Å². The maximum atomic E-state index is 12.5. The molecule has 21 heavy (non-hydrogen) atoms. The van der Waals surface area contributed by atoms with Crippen LogP contribution in [0.4, 0.5) is 0 Å². The van der Waals surface area contributed by atoms with Gasteiger partial charge in [-0.15, -0.1) is 12.4 Å². The fourth-order valence-corrected chi connectivity index (χ4v) is 4.20. The molecule has 3 nitrogen and oxygen atoms in total. The Morgan fingerprint density at radius 3 is 2.86 bits per heavy atom. The molecule has 1 atom stereocenters. The highest BCUT2D eigenvalue weighted by atomic mass is 35.5. The van der Waals surface area contributed by atoms with E-state index in [2.05, 4.69) is 34.0 Å². The smallest absolute Gasteiger partial charge is 0.223 e. The van der Waals surface area contributed by atoms with Crippen LogP contribution in [0.25, 0.3) is 0 Å². The summed E-state index contributed by atoms with van der Waals surface area (Å²) in [6.07, 6.45) is 5.32. The second-order valence-corrected chi connectivity index (χ2v) is 7.02. The number of amides is 1. The van der Waals surface area contributed by atoms with Gasteiger partial charge < -0.3 is 10.2 Å². The maximum Gasteiger partial charge on any atom is 0.223 e. The molecular weight excluding hydrogens is 304 g/mol. The Morgan fingerprint density at radius 1 is 1.48 bits per heavy atom. The number of thiophene rings is 1. The van der Waals surface area contributed by atoms with Crippen molar-refractivity contribution in [3.63, 3.8) is 0 Å². The lowest BCUT2D eigenvalue weighted by Crippen LogP contribution is -2.38. The van der Waals surface area contributed by atoms with Crippen molar-refractivity contribution >= 4 is 29.7 Å². The van der Waals surface area contributed by atoms with E-state index in [0.717, 1.165) is 26.1 Å². The highest BCUT2D eigenvalue weighted by Crippen LogP contribution is 2.56.